The Bertz CT molecular complexity index is 572. The van der Waals surface area contributed by atoms with Crippen molar-refractivity contribution in [2.24, 2.45) is 10.7 Å². The normalized spacial score (nSPS) is 23.6. The Labute approximate surface area is 112 Å². The summed E-state index contributed by atoms with van der Waals surface area (Å²) < 4.78 is 0. The van der Waals surface area contributed by atoms with Crippen molar-refractivity contribution in [1.29, 1.82) is 0 Å². The van der Waals surface area contributed by atoms with E-state index in [-0.39, 0.29) is 11.9 Å². The highest BCUT2D eigenvalue weighted by atomic mass is 16.2. The minimum Gasteiger partial charge on any atom is -0.370 e. The van der Waals surface area contributed by atoms with E-state index in [0.717, 1.165) is 11.1 Å². The van der Waals surface area contributed by atoms with E-state index in [2.05, 4.69) is 10.3 Å². The molecular formula is C15H17N3O. The Morgan fingerprint density at radius 3 is 2.58 bits per heavy atom. The third-order valence-corrected chi connectivity index (χ3v) is 3.16. The molecule has 3 N–H and O–H groups in total. The van der Waals surface area contributed by atoms with Gasteiger partial charge in [-0.25, -0.2) is 4.99 Å². The fourth-order valence-corrected chi connectivity index (χ4v) is 2.20. The minimum atomic E-state index is -1.05. The SMILES string of the molecule is C/C=C\C=C(/C)C1(c2ccccc2)N=C(N)NC1=O. The summed E-state index contributed by atoms with van der Waals surface area (Å²) in [4.78, 5) is 16.7. The number of nitrogens with one attached hydrogen (secondary N) is 1. The first-order valence-corrected chi connectivity index (χ1v) is 6.13. The molecule has 1 aliphatic rings. The maximum atomic E-state index is 12.3. The van der Waals surface area contributed by atoms with Gasteiger partial charge in [-0.05, 0) is 25.0 Å². The van der Waals surface area contributed by atoms with Crippen LogP contribution in [0, 0.1) is 0 Å². The zero-order valence-electron chi connectivity index (χ0n) is 11.1. The summed E-state index contributed by atoms with van der Waals surface area (Å²) in [6.07, 6.45) is 5.67. The molecule has 0 saturated carbocycles. The van der Waals surface area contributed by atoms with Gasteiger partial charge in [0, 0.05) is 0 Å². The molecule has 1 heterocycles. The van der Waals surface area contributed by atoms with Gasteiger partial charge in [0.2, 0.25) is 0 Å². The van der Waals surface area contributed by atoms with Gasteiger partial charge < -0.3 is 5.73 Å². The quantitative estimate of drug-likeness (QED) is 0.809. The van der Waals surface area contributed by atoms with Gasteiger partial charge in [0.25, 0.3) is 5.91 Å². The average Bonchev–Trinajstić information content (AvgIpc) is 2.73. The zero-order valence-corrected chi connectivity index (χ0v) is 11.1. The molecule has 19 heavy (non-hydrogen) atoms. The molecule has 0 saturated heterocycles. The second kappa shape index (κ2) is 5.10. The number of carbonyl (C=O) groups is 1. The first kappa shape index (κ1) is 13.1. The van der Waals surface area contributed by atoms with Crippen LogP contribution in [0.15, 0.2) is 59.1 Å². The van der Waals surface area contributed by atoms with E-state index >= 15 is 0 Å². The number of hydrogen-bond donors (Lipinski definition) is 2. The first-order valence-electron chi connectivity index (χ1n) is 6.13. The number of nitrogens with two attached hydrogens (primary N) is 1. The number of carbonyl (C=O) groups excluding carboxylic acids is 1. The van der Waals surface area contributed by atoms with Gasteiger partial charge in [-0.15, -0.1) is 0 Å². The summed E-state index contributed by atoms with van der Waals surface area (Å²) in [5, 5.41) is 2.59. The summed E-state index contributed by atoms with van der Waals surface area (Å²) in [7, 11) is 0. The molecule has 1 aliphatic heterocycles. The molecule has 4 heteroatoms. The summed E-state index contributed by atoms with van der Waals surface area (Å²) in [5.41, 5.74) is 6.27. The van der Waals surface area contributed by atoms with E-state index in [9.17, 15) is 4.79 Å². The molecule has 0 aliphatic carbocycles. The highest BCUT2D eigenvalue weighted by molar-refractivity contribution is 6.09. The van der Waals surface area contributed by atoms with Crippen LogP contribution < -0.4 is 11.1 Å². The summed E-state index contributed by atoms with van der Waals surface area (Å²) in [6.45, 7) is 3.81. The van der Waals surface area contributed by atoms with Gasteiger partial charge in [0.05, 0.1) is 0 Å². The predicted molar refractivity (Wildman–Crippen MR) is 76.5 cm³/mol. The molecule has 1 aromatic carbocycles. The second-order valence-electron chi connectivity index (χ2n) is 4.40. The van der Waals surface area contributed by atoms with Crippen LogP contribution in [0.25, 0.3) is 0 Å². The van der Waals surface area contributed by atoms with Gasteiger partial charge in [0.1, 0.15) is 0 Å². The van der Waals surface area contributed by atoms with Crippen LogP contribution in [-0.2, 0) is 10.3 Å². The molecule has 2 rings (SSSR count). The first-order chi connectivity index (χ1) is 9.11. The maximum Gasteiger partial charge on any atom is 0.263 e. The third kappa shape index (κ3) is 2.17. The van der Waals surface area contributed by atoms with E-state index in [1.54, 1.807) is 0 Å². The molecule has 1 unspecified atom stereocenters. The lowest BCUT2D eigenvalue weighted by Gasteiger charge is -2.24. The number of amides is 1. The van der Waals surface area contributed by atoms with Crippen molar-refractivity contribution in [2.45, 2.75) is 19.4 Å². The topological polar surface area (TPSA) is 67.5 Å². The van der Waals surface area contributed by atoms with Gasteiger partial charge in [-0.1, -0.05) is 48.6 Å². The number of rotatable bonds is 3. The highest BCUT2D eigenvalue weighted by Crippen LogP contribution is 2.36. The number of nitrogens with zero attached hydrogens (tertiary/aromatic N) is 1. The lowest BCUT2D eigenvalue weighted by atomic mass is 9.83. The fourth-order valence-electron chi connectivity index (χ4n) is 2.20. The number of hydrogen-bond acceptors (Lipinski definition) is 3. The van der Waals surface area contributed by atoms with Gasteiger partial charge in [-0.2, -0.15) is 0 Å². The van der Waals surface area contributed by atoms with Crippen LogP contribution in [0.3, 0.4) is 0 Å². The lowest BCUT2D eigenvalue weighted by Crippen LogP contribution is -2.39. The van der Waals surface area contributed by atoms with Gasteiger partial charge >= 0.3 is 0 Å². The Hall–Kier alpha value is -2.36. The van der Waals surface area contributed by atoms with Gasteiger partial charge in [0.15, 0.2) is 11.5 Å². The van der Waals surface area contributed by atoms with E-state index < -0.39 is 5.54 Å². The summed E-state index contributed by atoms with van der Waals surface area (Å²) >= 11 is 0. The van der Waals surface area contributed by atoms with Gasteiger partial charge in [-0.3, -0.25) is 10.1 Å². The predicted octanol–water partition coefficient (Wildman–Crippen LogP) is 1.85. The molecule has 98 valence electrons. The molecule has 0 radical (unpaired) electrons. The monoisotopic (exact) mass is 255 g/mol. The van der Waals surface area contributed by atoms with Crippen molar-refractivity contribution in [3.05, 3.63) is 59.7 Å². The molecule has 0 aromatic heterocycles. The number of allylic oxidation sites excluding steroid dienone is 3. The average molecular weight is 255 g/mol. The molecule has 4 nitrogen and oxygen atoms in total. The summed E-state index contributed by atoms with van der Waals surface area (Å²) in [5.74, 6) is -0.0588. The fraction of sp³-hybridized carbons (Fsp3) is 0.200. The number of benzene rings is 1. The highest BCUT2D eigenvalue weighted by Gasteiger charge is 2.46. The van der Waals surface area contributed by atoms with E-state index in [1.165, 1.54) is 0 Å². The smallest absolute Gasteiger partial charge is 0.263 e. The second-order valence-corrected chi connectivity index (χ2v) is 4.40. The lowest BCUT2D eigenvalue weighted by molar-refractivity contribution is -0.122. The van der Waals surface area contributed by atoms with Crippen molar-refractivity contribution in [2.75, 3.05) is 0 Å². The molecule has 0 fully saturated rings. The van der Waals surface area contributed by atoms with Crippen molar-refractivity contribution in [3.8, 4) is 0 Å². The molecular weight excluding hydrogens is 238 g/mol. The Balaban J connectivity index is 2.62. The number of guanidine groups is 1. The zero-order chi connectivity index (χ0) is 13.9. The van der Waals surface area contributed by atoms with Crippen LogP contribution in [0.2, 0.25) is 0 Å². The van der Waals surface area contributed by atoms with Crippen LogP contribution in [0.5, 0.6) is 0 Å². The Morgan fingerprint density at radius 1 is 1.37 bits per heavy atom. The van der Waals surface area contributed by atoms with Crippen molar-refractivity contribution < 1.29 is 4.79 Å². The van der Waals surface area contributed by atoms with Crippen LogP contribution >= 0.6 is 0 Å². The Kier molecular flexibility index (Phi) is 3.51. The van der Waals surface area contributed by atoms with Crippen LogP contribution in [0.4, 0.5) is 0 Å². The number of aliphatic imine (C=N–C) groups is 1. The maximum absolute atomic E-state index is 12.3. The van der Waals surface area contributed by atoms with Crippen LogP contribution in [0.1, 0.15) is 19.4 Å². The van der Waals surface area contributed by atoms with Crippen molar-refractivity contribution >= 4 is 11.9 Å². The standard InChI is InChI=1S/C15H17N3O/c1-3-4-8-11(2)15(12-9-6-5-7-10-12)13(19)17-14(16)18-15/h3-10H,1-2H3,(H3,16,17,18,19)/b4-3-,11-8+. The van der Waals surface area contributed by atoms with Crippen molar-refractivity contribution in [3.63, 3.8) is 0 Å². The third-order valence-electron chi connectivity index (χ3n) is 3.16. The summed E-state index contributed by atoms with van der Waals surface area (Å²) in [6, 6.07) is 9.44. The van der Waals surface area contributed by atoms with Crippen LogP contribution in [-0.4, -0.2) is 11.9 Å². The van der Waals surface area contributed by atoms with E-state index in [4.69, 9.17) is 5.73 Å². The Morgan fingerprint density at radius 2 is 2.05 bits per heavy atom. The minimum absolute atomic E-state index is 0.155. The largest absolute Gasteiger partial charge is 0.370 e. The molecule has 0 spiro atoms. The molecule has 1 atom stereocenters. The van der Waals surface area contributed by atoms with E-state index in [0.29, 0.717) is 0 Å². The molecule has 1 aromatic rings. The molecule has 0 bridgehead atoms. The van der Waals surface area contributed by atoms with Crippen molar-refractivity contribution in [1.82, 2.24) is 5.32 Å². The van der Waals surface area contributed by atoms with E-state index in [1.807, 2.05) is 62.4 Å². The molecule has 1 amide bonds.